The van der Waals surface area contributed by atoms with E-state index in [1.807, 2.05) is 20.8 Å². The van der Waals surface area contributed by atoms with Gasteiger partial charge in [-0.25, -0.2) is 8.42 Å². The molecule has 0 aromatic heterocycles. The molecule has 6 heteroatoms. The Morgan fingerprint density at radius 1 is 0.958 bits per heavy atom. The standard InChI is InChI=1S/C18H22N2O3S/c1-18(2,3)19-17(21)15-12-8-9-13-16(15)20(4)24(22,23)14-10-6-5-7-11-14/h5-13H,1-4H3,(H,19,21). The van der Waals surface area contributed by atoms with Crippen molar-refractivity contribution in [3.8, 4) is 0 Å². The van der Waals surface area contributed by atoms with Gasteiger partial charge in [0.15, 0.2) is 0 Å². The Morgan fingerprint density at radius 2 is 1.50 bits per heavy atom. The molecule has 0 bridgehead atoms. The fraction of sp³-hybridized carbons (Fsp3) is 0.278. The summed E-state index contributed by atoms with van der Waals surface area (Å²) in [6.07, 6.45) is 0. The highest BCUT2D eigenvalue weighted by Crippen LogP contribution is 2.25. The van der Waals surface area contributed by atoms with E-state index in [4.69, 9.17) is 0 Å². The van der Waals surface area contributed by atoms with Crippen LogP contribution < -0.4 is 9.62 Å². The average molecular weight is 346 g/mol. The lowest BCUT2D eigenvalue weighted by Gasteiger charge is -2.25. The van der Waals surface area contributed by atoms with Gasteiger partial charge in [-0.05, 0) is 45.0 Å². The summed E-state index contributed by atoms with van der Waals surface area (Å²) in [4.78, 5) is 12.7. The van der Waals surface area contributed by atoms with Crippen molar-refractivity contribution >= 4 is 21.6 Å². The third-order valence-corrected chi connectivity index (χ3v) is 5.16. The van der Waals surface area contributed by atoms with Crippen LogP contribution in [0.2, 0.25) is 0 Å². The smallest absolute Gasteiger partial charge is 0.264 e. The minimum Gasteiger partial charge on any atom is -0.347 e. The van der Waals surface area contributed by atoms with Gasteiger partial charge in [-0.2, -0.15) is 0 Å². The number of hydrogen-bond donors (Lipinski definition) is 1. The van der Waals surface area contributed by atoms with Gasteiger partial charge in [0.2, 0.25) is 0 Å². The molecule has 0 fully saturated rings. The Kier molecular flexibility index (Phi) is 4.99. The van der Waals surface area contributed by atoms with Crippen molar-refractivity contribution in [1.29, 1.82) is 0 Å². The maximum atomic E-state index is 12.8. The van der Waals surface area contributed by atoms with E-state index < -0.39 is 15.6 Å². The zero-order chi connectivity index (χ0) is 18.0. The summed E-state index contributed by atoms with van der Waals surface area (Å²) in [6.45, 7) is 5.62. The highest BCUT2D eigenvalue weighted by atomic mass is 32.2. The summed E-state index contributed by atoms with van der Waals surface area (Å²) in [5.41, 5.74) is 0.235. The fourth-order valence-electron chi connectivity index (χ4n) is 2.23. The van der Waals surface area contributed by atoms with E-state index in [0.29, 0.717) is 11.3 Å². The summed E-state index contributed by atoms with van der Waals surface area (Å²) in [5.74, 6) is -0.312. The summed E-state index contributed by atoms with van der Waals surface area (Å²) < 4.78 is 26.7. The number of hydrogen-bond acceptors (Lipinski definition) is 3. The molecule has 2 aromatic carbocycles. The Hall–Kier alpha value is -2.34. The number of para-hydroxylation sites is 1. The molecule has 0 unspecified atom stereocenters. The van der Waals surface area contributed by atoms with Crippen molar-refractivity contribution in [2.75, 3.05) is 11.4 Å². The van der Waals surface area contributed by atoms with Gasteiger partial charge in [-0.3, -0.25) is 9.10 Å². The Labute approximate surface area is 143 Å². The molecule has 0 radical (unpaired) electrons. The first-order valence-electron chi connectivity index (χ1n) is 7.58. The first kappa shape index (κ1) is 18.0. The van der Waals surface area contributed by atoms with Gasteiger partial charge < -0.3 is 5.32 Å². The van der Waals surface area contributed by atoms with Crippen LogP contribution >= 0.6 is 0 Å². The number of anilines is 1. The number of carbonyl (C=O) groups excluding carboxylic acids is 1. The van der Waals surface area contributed by atoms with Crippen molar-refractivity contribution in [3.05, 3.63) is 60.2 Å². The molecule has 0 aliphatic rings. The van der Waals surface area contributed by atoms with Gasteiger partial charge in [0.25, 0.3) is 15.9 Å². The van der Waals surface area contributed by atoms with Crippen LogP contribution in [0.25, 0.3) is 0 Å². The van der Waals surface area contributed by atoms with Gasteiger partial charge in [0, 0.05) is 12.6 Å². The maximum absolute atomic E-state index is 12.8. The minimum atomic E-state index is -3.74. The van der Waals surface area contributed by atoms with Crippen LogP contribution in [-0.2, 0) is 10.0 Å². The van der Waals surface area contributed by atoms with Crippen molar-refractivity contribution < 1.29 is 13.2 Å². The number of rotatable bonds is 4. The number of nitrogens with one attached hydrogen (secondary N) is 1. The normalized spacial score (nSPS) is 11.8. The quantitative estimate of drug-likeness (QED) is 0.925. The van der Waals surface area contributed by atoms with Crippen molar-refractivity contribution in [2.24, 2.45) is 0 Å². The van der Waals surface area contributed by atoms with Gasteiger partial charge >= 0.3 is 0 Å². The topological polar surface area (TPSA) is 66.5 Å². The van der Waals surface area contributed by atoms with Crippen LogP contribution in [0.4, 0.5) is 5.69 Å². The first-order valence-corrected chi connectivity index (χ1v) is 9.02. The van der Waals surface area contributed by atoms with Gasteiger partial charge in [0.1, 0.15) is 0 Å². The van der Waals surface area contributed by atoms with Gasteiger partial charge in [-0.15, -0.1) is 0 Å². The Morgan fingerprint density at radius 3 is 2.08 bits per heavy atom. The van der Waals surface area contributed by atoms with Crippen LogP contribution in [0.1, 0.15) is 31.1 Å². The largest absolute Gasteiger partial charge is 0.347 e. The summed E-state index contributed by atoms with van der Waals surface area (Å²) in [5, 5.41) is 2.86. The summed E-state index contributed by atoms with van der Waals surface area (Å²) >= 11 is 0. The Bertz CT molecular complexity index is 825. The number of amides is 1. The molecule has 1 N–H and O–H groups in total. The van der Waals surface area contributed by atoms with Crippen LogP contribution in [0, 0.1) is 0 Å². The second-order valence-electron chi connectivity index (χ2n) is 6.51. The summed E-state index contributed by atoms with van der Waals surface area (Å²) in [6, 6.07) is 14.8. The third-order valence-electron chi connectivity index (χ3n) is 3.38. The fourth-order valence-corrected chi connectivity index (χ4v) is 3.46. The highest BCUT2D eigenvalue weighted by Gasteiger charge is 2.26. The second kappa shape index (κ2) is 6.65. The Balaban J connectivity index is 2.44. The molecule has 2 rings (SSSR count). The van der Waals surface area contributed by atoms with E-state index in [2.05, 4.69) is 5.32 Å². The van der Waals surface area contributed by atoms with E-state index in [9.17, 15) is 13.2 Å². The lowest BCUT2D eigenvalue weighted by atomic mass is 10.1. The number of nitrogens with zero attached hydrogens (tertiary/aromatic N) is 1. The predicted octanol–water partition coefficient (Wildman–Crippen LogP) is 3.04. The van der Waals surface area contributed by atoms with Crippen molar-refractivity contribution in [1.82, 2.24) is 5.32 Å². The molecule has 0 saturated carbocycles. The lowest BCUT2D eigenvalue weighted by molar-refractivity contribution is 0.0920. The molecule has 0 saturated heterocycles. The molecule has 24 heavy (non-hydrogen) atoms. The van der Waals surface area contributed by atoms with Gasteiger partial charge in [-0.1, -0.05) is 30.3 Å². The van der Waals surface area contributed by atoms with E-state index >= 15 is 0 Å². The SMILES string of the molecule is CN(c1ccccc1C(=O)NC(C)(C)C)S(=O)(=O)c1ccccc1. The van der Waals surface area contributed by atoms with Crippen LogP contribution in [0.3, 0.4) is 0 Å². The van der Waals surface area contributed by atoms with Gasteiger partial charge in [0.05, 0.1) is 16.1 Å². The zero-order valence-electron chi connectivity index (χ0n) is 14.3. The van der Waals surface area contributed by atoms with Crippen molar-refractivity contribution in [3.63, 3.8) is 0 Å². The molecule has 2 aromatic rings. The molecule has 1 amide bonds. The lowest BCUT2D eigenvalue weighted by Crippen LogP contribution is -2.41. The van der Waals surface area contributed by atoms with Crippen LogP contribution in [0.15, 0.2) is 59.5 Å². The van der Waals surface area contributed by atoms with Crippen LogP contribution in [-0.4, -0.2) is 26.9 Å². The molecule has 0 atom stereocenters. The molecule has 0 heterocycles. The van der Waals surface area contributed by atoms with E-state index in [1.54, 1.807) is 42.5 Å². The maximum Gasteiger partial charge on any atom is 0.264 e. The molecule has 128 valence electrons. The average Bonchev–Trinajstić information content (AvgIpc) is 2.53. The monoisotopic (exact) mass is 346 g/mol. The molecule has 0 aliphatic carbocycles. The first-order chi connectivity index (χ1) is 11.1. The van der Waals surface area contributed by atoms with E-state index in [-0.39, 0.29) is 10.8 Å². The summed E-state index contributed by atoms with van der Waals surface area (Å²) in [7, 11) is -2.29. The number of sulfonamides is 1. The second-order valence-corrected chi connectivity index (χ2v) is 8.48. The molecular formula is C18H22N2O3S. The predicted molar refractivity (Wildman–Crippen MR) is 95.7 cm³/mol. The molecule has 0 spiro atoms. The van der Waals surface area contributed by atoms with Crippen LogP contribution in [0.5, 0.6) is 0 Å². The van der Waals surface area contributed by atoms with Crippen molar-refractivity contribution in [2.45, 2.75) is 31.2 Å². The molecule has 0 aliphatic heterocycles. The zero-order valence-corrected chi connectivity index (χ0v) is 15.1. The molecular weight excluding hydrogens is 324 g/mol. The minimum absolute atomic E-state index is 0.179. The third kappa shape index (κ3) is 3.94. The molecule has 5 nitrogen and oxygen atoms in total. The number of benzene rings is 2. The van der Waals surface area contributed by atoms with E-state index in [1.165, 1.54) is 19.2 Å². The highest BCUT2D eigenvalue weighted by molar-refractivity contribution is 7.92. The number of carbonyl (C=O) groups is 1. The van der Waals surface area contributed by atoms with E-state index in [0.717, 1.165) is 4.31 Å².